The number of imidazole rings is 1. The molecular formula is C32H35ClFN5O4. The van der Waals surface area contributed by atoms with Crippen molar-refractivity contribution in [1.29, 1.82) is 0 Å². The van der Waals surface area contributed by atoms with Gasteiger partial charge in [-0.2, -0.15) is 4.98 Å². The predicted molar refractivity (Wildman–Crippen MR) is 162 cm³/mol. The Morgan fingerprint density at radius 3 is 2.74 bits per heavy atom. The highest BCUT2D eigenvalue weighted by Gasteiger charge is 2.33. The van der Waals surface area contributed by atoms with Gasteiger partial charge in [0, 0.05) is 48.9 Å². The van der Waals surface area contributed by atoms with E-state index in [0.29, 0.717) is 35.6 Å². The zero-order chi connectivity index (χ0) is 30.1. The molecule has 6 rings (SSSR count). The molecule has 0 spiro atoms. The number of aromatic nitrogens is 3. The summed E-state index contributed by atoms with van der Waals surface area (Å²) in [6.07, 6.45) is 3.19. The number of nitrogens with zero attached hydrogens (tertiary/aromatic N) is 5. The standard InChI is InChI=1S/C32H35ClFN5O4/c1-20-6-10-24(16-37(2)29-4-3-5-31(36-29)43-19-22-7-9-23(33)15-26(22)34)38(20)18-30-35-27-11-8-21(32(40)41)14-28(27)39(30)17-25-12-13-42-25/h3-5,7-9,11,14-15,20,24-25H,6,10,12-13,16-19H2,1-2H3,(H,40,41). The lowest BCUT2D eigenvalue weighted by atomic mass is 10.1. The van der Waals surface area contributed by atoms with Crippen LogP contribution in [0, 0.1) is 5.82 Å². The summed E-state index contributed by atoms with van der Waals surface area (Å²) in [5.41, 5.74) is 2.28. The molecule has 2 saturated heterocycles. The van der Waals surface area contributed by atoms with Crippen molar-refractivity contribution in [1.82, 2.24) is 19.4 Å². The monoisotopic (exact) mass is 607 g/mol. The zero-order valence-electron chi connectivity index (χ0n) is 24.2. The average Bonchev–Trinajstić information content (AvgIpc) is 3.48. The molecule has 0 saturated carbocycles. The van der Waals surface area contributed by atoms with Gasteiger partial charge in [0.25, 0.3) is 0 Å². The highest BCUT2D eigenvalue weighted by molar-refractivity contribution is 6.30. The number of benzene rings is 2. The number of aromatic carboxylic acids is 1. The third kappa shape index (κ3) is 6.46. The topological polar surface area (TPSA) is 93.0 Å². The van der Waals surface area contributed by atoms with E-state index in [4.69, 9.17) is 26.1 Å². The Bertz CT molecular complexity index is 1630. The number of likely N-dealkylation sites (tertiary alicyclic amines) is 1. The van der Waals surface area contributed by atoms with Crippen molar-refractivity contribution in [3.63, 3.8) is 0 Å². The third-order valence-corrected chi connectivity index (χ3v) is 8.74. The minimum Gasteiger partial charge on any atom is -0.478 e. The smallest absolute Gasteiger partial charge is 0.335 e. The molecule has 43 heavy (non-hydrogen) atoms. The van der Waals surface area contributed by atoms with Crippen LogP contribution in [-0.4, -0.2) is 68.9 Å². The number of anilines is 1. The van der Waals surface area contributed by atoms with Gasteiger partial charge in [0.15, 0.2) is 0 Å². The highest BCUT2D eigenvalue weighted by Crippen LogP contribution is 2.30. The van der Waals surface area contributed by atoms with Crippen molar-refractivity contribution in [3.05, 3.63) is 82.4 Å². The summed E-state index contributed by atoms with van der Waals surface area (Å²) in [5, 5.41) is 9.92. The molecule has 2 aromatic heterocycles. The van der Waals surface area contributed by atoms with Crippen molar-refractivity contribution in [2.75, 3.05) is 25.1 Å². The van der Waals surface area contributed by atoms with E-state index in [2.05, 4.69) is 26.3 Å². The number of fused-ring (bicyclic) bond motifs is 1. The van der Waals surface area contributed by atoms with Crippen LogP contribution >= 0.6 is 11.6 Å². The Hall–Kier alpha value is -3.73. The Morgan fingerprint density at radius 1 is 1.16 bits per heavy atom. The molecule has 0 amide bonds. The maximum Gasteiger partial charge on any atom is 0.335 e. The number of pyridine rings is 1. The molecule has 11 heteroatoms. The Labute approximate surface area is 254 Å². The molecule has 0 radical (unpaired) electrons. The Kier molecular flexibility index (Phi) is 8.52. The minimum absolute atomic E-state index is 0.0535. The number of carbonyl (C=O) groups is 1. The van der Waals surface area contributed by atoms with Gasteiger partial charge in [0.1, 0.15) is 24.1 Å². The summed E-state index contributed by atoms with van der Waals surface area (Å²) in [6.45, 7) is 5.10. The number of hydrogen-bond donors (Lipinski definition) is 1. The Balaban J connectivity index is 1.17. The summed E-state index contributed by atoms with van der Waals surface area (Å²) in [5.74, 6) is 0.740. The maximum absolute atomic E-state index is 14.2. The van der Waals surface area contributed by atoms with E-state index in [-0.39, 0.29) is 24.3 Å². The molecule has 9 nitrogen and oxygen atoms in total. The lowest BCUT2D eigenvalue weighted by molar-refractivity contribution is -0.0592. The summed E-state index contributed by atoms with van der Waals surface area (Å²) >= 11 is 5.86. The lowest BCUT2D eigenvalue weighted by Gasteiger charge is -2.32. The maximum atomic E-state index is 14.2. The van der Waals surface area contributed by atoms with Crippen LogP contribution in [0.3, 0.4) is 0 Å². The first kappa shape index (κ1) is 29.3. The fourth-order valence-electron chi connectivity index (χ4n) is 5.93. The predicted octanol–water partition coefficient (Wildman–Crippen LogP) is 5.78. The number of carboxylic acids is 1. The van der Waals surface area contributed by atoms with E-state index >= 15 is 0 Å². The second-order valence-electron chi connectivity index (χ2n) is 11.4. The quantitative estimate of drug-likeness (QED) is 0.229. The molecule has 0 bridgehead atoms. The van der Waals surface area contributed by atoms with Gasteiger partial charge in [-0.15, -0.1) is 0 Å². The number of likely N-dealkylation sites (N-methyl/N-ethyl adjacent to an activating group) is 1. The van der Waals surface area contributed by atoms with Gasteiger partial charge in [0.05, 0.1) is 35.8 Å². The van der Waals surface area contributed by atoms with Crippen LogP contribution in [0.4, 0.5) is 10.2 Å². The van der Waals surface area contributed by atoms with Gasteiger partial charge in [-0.3, -0.25) is 4.90 Å². The minimum atomic E-state index is -0.951. The normalized spacial score (nSPS) is 20.3. The van der Waals surface area contributed by atoms with Gasteiger partial charge in [-0.25, -0.2) is 14.2 Å². The van der Waals surface area contributed by atoms with E-state index in [9.17, 15) is 14.3 Å². The third-order valence-electron chi connectivity index (χ3n) is 8.51. The molecule has 4 heterocycles. The van der Waals surface area contributed by atoms with E-state index in [1.165, 1.54) is 6.07 Å². The van der Waals surface area contributed by atoms with Crippen LogP contribution in [0.25, 0.3) is 11.0 Å². The van der Waals surface area contributed by atoms with Gasteiger partial charge < -0.3 is 24.0 Å². The number of carboxylic acid groups (broad SMARTS) is 1. The van der Waals surface area contributed by atoms with Crippen molar-refractivity contribution in [2.24, 2.45) is 0 Å². The fraction of sp³-hybridized carbons (Fsp3) is 0.406. The summed E-state index contributed by atoms with van der Waals surface area (Å²) in [4.78, 5) is 25.9. The second-order valence-corrected chi connectivity index (χ2v) is 11.9. The first-order valence-electron chi connectivity index (χ1n) is 14.6. The molecular weight excluding hydrogens is 573 g/mol. The molecule has 0 aliphatic carbocycles. The number of rotatable bonds is 11. The highest BCUT2D eigenvalue weighted by atomic mass is 35.5. The van der Waals surface area contributed by atoms with Gasteiger partial charge >= 0.3 is 5.97 Å². The van der Waals surface area contributed by atoms with Crippen LogP contribution in [0.2, 0.25) is 5.02 Å². The molecule has 4 aromatic rings. The second kappa shape index (κ2) is 12.5. The fourth-order valence-corrected chi connectivity index (χ4v) is 6.09. The summed E-state index contributed by atoms with van der Waals surface area (Å²) in [6, 6.07) is 15.9. The number of halogens is 2. The average molecular weight is 608 g/mol. The van der Waals surface area contributed by atoms with Crippen molar-refractivity contribution >= 4 is 34.4 Å². The van der Waals surface area contributed by atoms with Crippen LogP contribution in [0.1, 0.15) is 47.9 Å². The first-order valence-corrected chi connectivity index (χ1v) is 15.0. The molecule has 1 N–H and O–H groups in total. The van der Waals surface area contributed by atoms with Crippen molar-refractivity contribution in [2.45, 2.75) is 64.1 Å². The largest absolute Gasteiger partial charge is 0.478 e. The van der Waals surface area contributed by atoms with E-state index in [0.717, 1.165) is 55.1 Å². The van der Waals surface area contributed by atoms with Crippen LogP contribution in [0.5, 0.6) is 5.88 Å². The molecule has 2 aliphatic rings. The van der Waals surface area contributed by atoms with Gasteiger partial charge in [-0.05, 0) is 62.6 Å². The SMILES string of the molecule is CC1CCC(CN(C)c2cccc(OCc3ccc(Cl)cc3F)n2)N1Cc1nc2ccc(C(=O)O)cc2n1CC1CCO1. The van der Waals surface area contributed by atoms with E-state index in [1.807, 2.05) is 19.2 Å². The van der Waals surface area contributed by atoms with E-state index < -0.39 is 11.8 Å². The molecule has 2 aromatic carbocycles. The van der Waals surface area contributed by atoms with Crippen molar-refractivity contribution < 1.29 is 23.8 Å². The molecule has 2 fully saturated rings. The lowest BCUT2D eigenvalue weighted by Crippen LogP contribution is -2.42. The summed E-state index contributed by atoms with van der Waals surface area (Å²) < 4.78 is 27.9. The van der Waals surface area contributed by atoms with Crippen molar-refractivity contribution in [3.8, 4) is 5.88 Å². The zero-order valence-corrected chi connectivity index (χ0v) is 25.0. The van der Waals surface area contributed by atoms with Crippen LogP contribution in [0.15, 0.2) is 54.6 Å². The number of hydrogen-bond acceptors (Lipinski definition) is 7. The van der Waals surface area contributed by atoms with Gasteiger partial charge in [-0.1, -0.05) is 23.7 Å². The van der Waals surface area contributed by atoms with Crippen LogP contribution < -0.4 is 9.64 Å². The summed E-state index contributed by atoms with van der Waals surface area (Å²) in [7, 11) is 2.02. The molecule has 3 unspecified atom stereocenters. The Morgan fingerprint density at radius 2 is 2.00 bits per heavy atom. The first-order chi connectivity index (χ1) is 20.7. The van der Waals surface area contributed by atoms with E-state index in [1.54, 1.807) is 36.4 Å². The molecule has 3 atom stereocenters. The molecule has 2 aliphatic heterocycles. The number of ether oxygens (including phenoxy) is 2. The van der Waals surface area contributed by atoms with Crippen LogP contribution in [-0.2, 0) is 24.4 Å². The molecule has 226 valence electrons. The van der Waals surface area contributed by atoms with Gasteiger partial charge in [0.2, 0.25) is 5.88 Å².